The molecule has 2 rings (SSSR count). The van der Waals surface area contributed by atoms with Gasteiger partial charge in [0.2, 0.25) is 9.84 Å². The average molecular weight is 370 g/mol. The number of halogens is 1. The lowest BCUT2D eigenvalue weighted by Crippen LogP contribution is -2.41. The minimum absolute atomic E-state index is 0.0341. The van der Waals surface area contributed by atoms with Gasteiger partial charge in [0, 0.05) is 13.1 Å². The average Bonchev–Trinajstić information content (AvgIpc) is 2.46. The van der Waals surface area contributed by atoms with Crippen LogP contribution in [0.3, 0.4) is 0 Å². The normalized spacial score (nSPS) is 18.2. The van der Waals surface area contributed by atoms with Gasteiger partial charge in [0.05, 0.1) is 24.4 Å². The molecule has 11 heteroatoms. The molecular weight excluding hydrogens is 354 g/mol. The predicted molar refractivity (Wildman–Crippen MR) is 82.2 cm³/mol. The van der Waals surface area contributed by atoms with E-state index in [1.807, 2.05) is 0 Å². The topological polar surface area (TPSA) is 107 Å². The fourth-order valence-electron chi connectivity index (χ4n) is 1.98. The van der Waals surface area contributed by atoms with Gasteiger partial charge >= 0.3 is 0 Å². The van der Waals surface area contributed by atoms with Gasteiger partial charge in [-0.1, -0.05) is 18.5 Å². The fraction of sp³-hybridized carbons (Fsp3) is 0.636. The summed E-state index contributed by atoms with van der Waals surface area (Å²) in [7, 11) is -5.35. The van der Waals surface area contributed by atoms with Crippen molar-refractivity contribution in [2.75, 3.05) is 42.4 Å². The number of ether oxygens (including phenoxy) is 1. The van der Waals surface area contributed by atoms with Crippen molar-refractivity contribution in [1.82, 2.24) is 9.97 Å². The summed E-state index contributed by atoms with van der Waals surface area (Å²) >= 11 is 5.99. The predicted octanol–water partition coefficient (Wildman–Crippen LogP) is 0.167. The molecule has 0 spiro atoms. The van der Waals surface area contributed by atoms with E-state index in [9.17, 15) is 16.8 Å². The molecule has 1 saturated heterocycles. The summed E-state index contributed by atoms with van der Waals surface area (Å²) in [6.07, 6.45) is 0. The van der Waals surface area contributed by atoms with Crippen molar-refractivity contribution in [3.63, 3.8) is 0 Å². The van der Waals surface area contributed by atoms with Crippen LogP contribution in [0.15, 0.2) is 5.16 Å². The number of hydrogen-bond donors (Lipinski definition) is 0. The Morgan fingerprint density at radius 1 is 1.27 bits per heavy atom. The number of sulfone groups is 2. The van der Waals surface area contributed by atoms with Crippen molar-refractivity contribution in [1.29, 1.82) is 0 Å². The Labute approximate surface area is 134 Å². The second-order valence-corrected chi connectivity index (χ2v) is 9.53. The zero-order valence-electron chi connectivity index (χ0n) is 12.1. The number of anilines is 1. The van der Waals surface area contributed by atoms with Crippen LogP contribution in [-0.2, 0) is 19.7 Å². The molecule has 22 heavy (non-hydrogen) atoms. The van der Waals surface area contributed by atoms with Crippen LogP contribution in [0.5, 0.6) is 5.75 Å². The first-order valence-electron chi connectivity index (χ1n) is 6.50. The van der Waals surface area contributed by atoms with E-state index in [0.29, 0.717) is 0 Å². The Morgan fingerprint density at radius 3 is 2.36 bits per heavy atom. The van der Waals surface area contributed by atoms with E-state index >= 15 is 0 Å². The SMILES string of the molecule is CCS(=O)(=O)c1nc(Cl)c(OC)c(N2CCS(=O)(=O)CC2)n1. The van der Waals surface area contributed by atoms with E-state index in [4.69, 9.17) is 16.3 Å². The van der Waals surface area contributed by atoms with Crippen molar-refractivity contribution >= 4 is 37.1 Å². The molecule has 0 saturated carbocycles. The lowest BCUT2D eigenvalue weighted by Gasteiger charge is -2.29. The minimum Gasteiger partial charge on any atom is -0.490 e. The largest absolute Gasteiger partial charge is 0.490 e. The van der Waals surface area contributed by atoms with Gasteiger partial charge in [-0.25, -0.2) is 21.8 Å². The molecule has 1 fully saturated rings. The van der Waals surface area contributed by atoms with Crippen LogP contribution in [0.2, 0.25) is 5.15 Å². The standard InChI is InChI=1S/C11H16ClN3O5S2/c1-3-22(18,19)11-13-9(12)8(20-2)10(14-11)15-4-6-21(16,17)7-5-15/h3-7H2,1-2H3. The molecule has 1 aromatic rings. The minimum atomic E-state index is -3.64. The first-order chi connectivity index (χ1) is 10.2. The Bertz CT molecular complexity index is 765. The van der Waals surface area contributed by atoms with Gasteiger partial charge in [-0.15, -0.1) is 0 Å². The van der Waals surface area contributed by atoms with Crippen LogP contribution in [0.4, 0.5) is 5.82 Å². The summed E-state index contributed by atoms with van der Waals surface area (Å²) < 4.78 is 52.1. The molecule has 124 valence electrons. The highest BCUT2D eigenvalue weighted by molar-refractivity contribution is 7.91. The molecule has 1 aromatic heterocycles. The number of nitrogens with zero attached hydrogens (tertiary/aromatic N) is 3. The smallest absolute Gasteiger partial charge is 0.250 e. The third-order valence-electron chi connectivity index (χ3n) is 3.29. The summed E-state index contributed by atoms with van der Waals surface area (Å²) in [5.74, 6) is 0.102. The first-order valence-corrected chi connectivity index (χ1v) is 10.3. The van der Waals surface area contributed by atoms with Crippen LogP contribution in [-0.4, -0.2) is 64.3 Å². The zero-order chi connectivity index (χ0) is 16.5. The lowest BCUT2D eigenvalue weighted by molar-refractivity contribution is 0.408. The maximum Gasteiger partial charge on any atom is 0.250 e. The first kappa shape index (κ1) is 17.2. The number of methoxy groups -OCH3 is 1. The van der Waals surface area contributed by atoms with Crippen LogP contribution in [0, 0.1) is 0 Å². The highest BCUT2D eigenvalue weighted by Crippen LogP contribution is 2.34. The van der Waals surface area contributed by atoms with Crippen molar-refractivity contribution in [2.45, 2.75) is 12.1 Å². The van der Waals surface area contributed by atoms with Gasteiger partial charge in [0.1, 0.15) is 0 Å². The Kier molecular flexibility index (Phi) is 4.83. The molecule has 0 atom stereocenters. The lowest BCUT2D eigenvalue weighted by atomic mass is 10.4. The number of rotatable bonds is 4. The van der Waals surface area contributed by atoms with Gasteiger partial charge in [-0.2, -0.15) is 4.98 Å². The quantitative estimate of drug-likeness (QED) is 0.546. The van der Waals surface area contributed by atoms with Crippen LogP contribution < -0.4 is 9.64 Å². The van der Waals surface area contributed by atoms with Gasteiger partial charge in [-0.05, 0) is 0 Å². The number of aromatic nitrogens is 2. The van der Waals surface area contributed by atoms with E-state index in [1.165, 1.54) is 14.0 Å². The molecule has 8 nitrogen and oxygen atoms in total. The Balaban J connectivity index is 2.50. The monoisotopic (exact) mass is 369 g/mol. The van der Waals surface area contributed by atoms with E-state index in [-0.39, 0.29) is 52.2 Å². The molecule has 0 aliphatic carbocycles. The Hall–Kier alpha value is -1.13. The molecule has 0 radical (unpaired) electrons. The maximum atomic E-state index is 12.0. The molecule has 1 aliphatic heterocycles. The zero-order valence-corrected chi connectivity index (χ0v) is 14.5. The van der Waals surface area contributed by atoms with Gasteiger partial charge in [-0.3, -0.25) is 0 Å². The third-order valence-corrected chi connectivity index (χ3v) is 6.66. The Morgan fingerprint density at radius 2 is 1.86 bits per heavy atom. The van der Waals surface area contributed by atoms with Gasteiger partial charge < -0.3 is 9.64 Å². The fourth-order valence-corrected chi connectivity index (χ4v) is 4.18. The van der Waals surface area contributed by atoms with Crippen LogP contribution in [0.1, 0.15) is 6.92 Å². The molecule has 1 aliphatic rings. The van der Waals surface area contributed by atoms with Crippen LogP contribution in [0.25, 0.3) is 0 Å². The second kappa shape index (κ2) is 6.17. The third kappa shape index (κ3) is 3.44. The summed E-state index contributed by atoms with van der Waals surface area (Å²) in [6, 6.07) is 0. The van der Waals surface area contributed by atoms with Gasteiger partial charge in [0.25, 0.3) is 5.16 Å². The highest BCUT2D eigenvalue weighted by Gasteiger charge is 2.28. The molecule has 0 amide bonds. The molecule has 0 aromatic carbocycles. The highest BCUT2D eigenvalue weighted by atomic mass is 35.5. The van der Waals surface area contributed by atoms with E-state index in [0.717, 1.165) is 0 Å². The van der Waals surface area contributed by atoms with Crippen molar-refractivity contribution in [3.05, 3.63) is 5.15 Å². The molecule has 0 bridgehead atoms. The maximum absolute atomic E-state index is 12.0. The van der Waals surface area contributed by atoms with Crippen LogP contribution >= 0.6 is 11.6 Å². The number of hydrogen-bond acceptors (Lipinski definition) is 8. The van der Waals surface area contributed by atoms with Gasteiger partial charge in [0.15, 0.2) is 26.6 Å². The van der Waals surface area contributed by atoms with E-state index in [1.54, 1.807) is 4.90 Å². The molecule has 0 N–H and O–H groups in total. The van der Waals surface area contributed by atoms with Crippen molar-refractivity contribution < 1.29 is 21.6 Å². The molecule has 2 heterocycles. The van der Waals surface area contributed by atoms with Crippen molar-refractivity contribution in [3.8, 4) is 5.75 Å². The molecular formula is C11H16ClN3O5S2. The van der Waals surface area contributed by atoms with E-state index in [2.05, 4.69) is 9.97 Å². The second-order valence-electron chi connectivity index (χ2n) is 4.70. The summed E-state index contributed by atoms with van der Waals surface area (Å²) in [5.41, 5.74) is 0. The summed E-state index contributed by atoms with van der Waals surface area (Å²) in [5, 5.41) is -0.503. The molecule has 0 unspecified atom stereocenters. The summed E-state index contributed by atoms with van der Waals surface area (Å²) in [6.45, 7) is 1.86. The van der Waals surface area contributed by atoms with Crippen molar-refractivity contribution in [2.24, 2.45) is 0 Å². The summed E-state index contributed by atoms with van der Waals surface area (Å²) in [4.78, 5) is 9.45. The van der Waals surface area contributed by atoms with E-state index < -0.39 is 19.7 Å².